The Kier molecular flexibility index (Phi) is 4.61. The Morgan fingerprint density at radius 1 is 1.30 bits per heavy atom. The van der Waals surface area contributed by atoms with Crippen LogP contribution in [0.2, 0.25) is 0 Å². The Morgan fingerprint density at radius 2 is 2.13 bits per heavy atom. The first kappa shape index (κ1) is 16.3. The van der Waals surface area contributed by atoms with Gasteiger partial charge in [0.1, 0.15) is 5.75 Å². The second-order valence-electron chi connectivity index (χ2n) is 6.06. The van der Waals surface area contributed by atoms with Gasteiger partial charge in [-0.1, -0.05) is 0 Å². The minimum Gasteiger partial charge on any atom is -0.496 e. The highest BCUT2D eigenvalue weighted by atomic mass is 32.2. The molecule has 1 heterocycles. The molecule has 0 fully saturated rings. The maximum Gasteiger partial charge on any atom is 0.208 e. The predicted molar refractivity (Wildman–Crippen MR) is 91.5 cm³/mol. The van der Waals surface area contributed by atoms with Crippen LogP contribution < -0.4 is 14.8 Å². The molecule has 0 radical (unpaired) electrons. The Labute approximate surface area is 136 Å². The largest absolute Gasteiger partial charge is 0.496 e. The summed E-state index contributed by atoms with van der Waals surface area (Å²) in [7, 11) is -1.39. The Morgan fingerprint density at radius 3 is 2.87 bits per heavy atom. The summed E-state index contributed by atoms with van der Waals surface area (Å²) >= 11 is 0. The summed E-state index contributed by atoms with van der Waals surface area (Å²) in [4.78, 5) is 3.32. The first-order valence-corrected chi connectivity index (χ1v) is 9.71. The van der Waals surface area contributed by atoms with Crippen molar-refractivity contribution in [3.05, 3.63) is 29.5 Å². The molecule has 0 aliphatic heterocycles. The van der Waals surface area contributed by atoms with Crippen LogP contribution in [0, 0.1) is 0 Å². The molecule has 1 aromatic heterocycles. The van der Waals surface area contributed by atoms with Gasteiger partial charge in [0.05, 0.1) is 13.4 Å². The smallest absolute Gasteiger partial charge is 0.208 e. The van der Waals surface area contributed by atoms with Crippen molar-refractivity contribution in [3.63, 3.8) is 0 Å². The van der Waals surface area contributed by atoms with Crippen molar-refractivity contribution in [1.29, 1.82) is 0 Å². The summed E-state index contributed by atoms with van der Waals surface area (Å²) in [5.41, 5.74) is 3.72. The zero-order valence-electron chi connectivity index (χ0n) is 13.5. The predicted octanol–water partition coefficient (Wildman–Crippen LogP) is 1.17. The van der Waals surface area contributed by atoms with Crippen LogP contribution in [0.25, 0.3) is 10.9 Å². The number of H-pyrrole nitrogens is 1. The van der Waals surface area contributed by atoms with Gasteiger partial charge in [0, 0.05) is 35.2 Å². The van der Waals surface area contributed by atoms with Crippen molar-refractivity contribution in [1.82, 2.24) is 15.0 Å². The summed E-state index contributed by atoms with van der Waals surface area (Å²) in [5.74, 6) is 0.934. The molecule has 0 spiro atoms. The molecule has 126 valence electrons. The van der Waals surface area contributed by atoms with Crippen molar-refractivity contribution in [2.24, 2.45) is 0 Å². The number of aromatic amines is 1. The first-order chi connectivity index (χ1) is 11.0. The highest BCUT2D eigenvalue weighted by Gasteiger charge is 2.24. The molecule has 1 unspecified atom stereocenters. The number of aromatic nitrogens is 1. The molecule has 0 bridgehead atoms. The van der Waals surface area contributed by atoms with Gasteiger partial charge in [-0.05, 0) is 43.5 Å². The molecule has 1 aliphatic rings. The van der Waals surface area contributed by atoms with Crippen molar-refractivity contribution in [3.8, 4) is 5.75 Å². The van der Waals surface area contributed by atoms with Gasteiger partial charge in [0.25, 0.3) is 0 Å². The summed E-state index contributed by atoms with van der Waals surface area (Å²) < 4.78 is 30.1. The van der Waals surface area contributed by atoms with Gasteiger partial charge in [-0.2, -0.15) is 0 Å². The van der Waals surface area contributed by atoms with Crippen LogP contribution >= 0.6 is 0 Å². The fourth-order valence-electron chi connectivity index (χ4n) is 3.29. The zero-order chi connectivity index (χ0) is 16.4. The molecule has 0 saturated carbocycles. The highest BCUT2D eigenvalue weighted by molar-refractivity contribution is 7.88. The quantitative estimate of drug-likeness (QED) is 0.663. The normalized spacial score (nSPS) is 17.6. The lowest BCUT2D eigenvalue weighted by molar-refractivity contribution is 0.403. The maximum atomic E-state index is 11.0. The van der Waals surface area contributed by atoms with Crippen LogP contribution in [0.5, 0.6) is 5.75 Å². The molecule has 7 heteroatoms. The molecular formula is C16H23N3O3S. The SMILES string of the molecule is COc1ccc2[nH]cc3c2c1CC(NCCCNS(C)(=O)=O)C3. The number of methoxy groups -OCH3 is 1. The fraction of sp³-hybridized carbons (Fsp3) is 0.500. The van der Waals surface area contributed by atoms with Crippen LogP contribution in [0.15, 0.2) is 18.3 Å². The molecule has 1 aliphatic carbocycles. The van der Waals surface area contributed by atoms with Crippen LogP contribution in [0.4, 0.5) is 0 Å². The number of benzene rings is 1. The molecule has 6 nitrogen and oxygen atoms in total. The molecule has 0 amide bonds. The number of nitrogens with one attached hydrogen (secondary N) is 3. The van der Waals surface area contributed by atoms with E-state index in [4.69, 9.17) is 4.74 Å². The van der Waals surface area contributed by atoms with E-state index >= 15 is 0 Å². The van der Waals surface area contributed by atoms with E-state index in [0.717, 1.165) is 37.1 Å². The molecule has 3 N–H and O–H groups in total. The Hall–Kier alpha value is -1.57. The van der Waals surface area contributed by atoms with Crippen LogP contribution in [0.3, 0.4) is 0 Å². The van der Waals surface area contributed by atoms with E-state index in [1.165, 1.54) is 22.8 Å². The number of hydrogen-bond donors (Lipinski definition) is 3. The minimum absolute atomic E-state index is 0.344. The lowest BCUT2D eigenvalue weighted by Gasteiger charge is -2.25. The lowest BCUT2D eigenvalue weighted by atomic mass is 9.88. The van der Waals surface area contributed by atoms with Gasteiger partial charge in [-0.3, -0.25) is 0 Å². The Balaban J connectivity index is 1.62. The van der Waals surface area contributed by atoms with E-state index in [1.54, 1.807) is 7.11 Å². The fourth-order valence-corrected chi connectivity index (χ4v) is 3.80. The van der Waals surface area contributed by atoms with Gasteiger partial charge < -0.3 is 15.0 Å². The number of sulfonamides is 1. The van der Waals surface area contributed by atoms with Crippen molar-refractivity contribution in [2.45, 2.75) is 25.3 Å². The average molecular weight is 337 g/mol. The second-order valence-corrected chi connectivity index (χ2v) is 7.90. The van der Waals surface area contributed by atoms with E-state index in [9.17, 15) is 8.42 Å². The van der Waals surface area contributed by atoms with Crippen molar-refractivity contribution in [2.75, 3.05) is 26.5 Å². The molecule has 3 rings (SSSR count). The van der Waals surface area contributed by atoms with Crippen LogP contribution in [-0.2, 0) is 22.9 Å². The maximum absolute atomic E-state index is 11.0. The number of ether oxygens (including phenoxy) is 1. The summed E-state index contributed by atoms with van der Waals surface area (Å²) in [6, 6.07) is 4.42. The summed E-state index contributed by atoms with van der Waals surface area (Å²) in [5, 5.41) is 4.82. The number of rotatable bonds is 7. The summed E-state index contributed by atoms with van der Waals surface area (Å²) in [6.45, 7) is 1.25. The third kappa shape index (κ3) is 3.68. The zero-order valence-corrected chi connectivity index (χ0v) is 14.3. The molecule has 23 heavy (non-hydrogen) atoms. The van der Waals surface area contributed by atoms with Gasteiger partial charge >= 0.3 is 0 Å². The topological polar surface area (TPSA) is 83.2 Å². The van der Waals surface area contributed by atoms with Crippen molar-refractivity contribution < 1.29 is 13.2 Å². The monoisotopic (exact) mass is 337 g/mol. The molecule has 0 saturated heterocycles. The van der Waals surface area contributed by atoms with Gasteiger partial charge in [0.2, 0.25) is 10.0 Å². The third-order valence-corrected chi connectivity index (χ3v) is 5.01. The first-order valence-electron chi connectivity index (χ1n) is 7.82. The van der Waals surface area contributed by atoms with Crippen molar-refractivity contribution >= 4 is 20.9 Å². The molecule has 1 atom stereocenters. The summed E-state index contributed by atoms with van der Waals surface area (Å²) in [6.07, 6.45) is 5.92. The molecule has 2 aromatic rings. The van der Waals surface area contributed by atoms with Gasteiger partial charge in [-0.15, -0.1) is 0 Å². The minimum atomic E-state index is -3.10. The van der Waals surface area contributed by atoms with E-state index in [1.807, 2.05) is 6.07 Å². The Bertz CT molecular complexity index is 798. The molecule has 1 aromatic carbocycles. The van der Waals surface area contributed by atoms with E-state index in [0.29, 0.717) is 12.6 Å². The highest BCUT2D eigenvalue weighted by Crippen LogP contribution is 2.35. The average Bonchev–Trinajstić information content (AvgIpc) is 2.91. The van der Waals surface area contributed by atoms with E-state index < -0.39 is 10.0 Å². The number of hydrogen-bond acceptors (Lipinski definition) is 4. The van der Waals surface area contributed by atoms with Crippen LogP contribution in [-0.4, -0.2) is 45.9 Å². The van der Waals surface area contributed by atoms with E-state index in [-0.39, 0.29) is 0 Å². The second kappa shape index (κ2) is 6.51. The van der Waals surface area contributed by atoms with Gasteiger partial charge in [0.15, 0.2) is 0 Å². The third-order valence-electron chi connectivity index (χ3n) is 4.28. The van der Waals surface area contributed by atoms with Crippen LogP contribution in [0.1, 0.15) is 17.5 Å². The standard InChI is InChI=1S/C16H23N3O3S/c1-22-15-5-4-14-16-11(10-18-14)8-12(9-13(15)16)17-6-3-7-19-23(2,20)21/h4-5,10,12,17-19H,3,6-9H2,1-2H3. The van der Waals surface area contributed by atoms with Gasteiger partial charge in [-0.25, -0.2) is 13.1 Å². The lowest BCUT2D eigenvalue weighted by Crippen LogP contribution is -2.37. The molecular weight excluding hydrogens is 314 g/mol. The van der Waals surface area contributed by atoms with E-state index in [2.05, 4.69) is 27.3 Å².